The zero-order valence-electron chi connectivity index (χ0n) is 10.8. The van der Waals surface area contributed by atoms with Gasteiger partial charge in [0.1, 0.15) is 0 Å². The van der Waals surface area contributed by atoms with E-state index in [0.717, 1.165) is 23.6 Å². The van der Waals surface area contributed by atoms with E-state index >= 15 is 0 Å². The Morgan fingerprint density at radius 2 is 2.25 bits per heavy atom. The molecule has 2 nitrogen and oxygen atoms in total. The minimum atomic E-state index is 0.120. The van der Waals surface area contributed by atoms with Gasteiger partial charge < -0.3 is 9.47 Å². The van der Waals surface area contributed by atoms with Crippen molar-refractivity contribution in [2.45, 2.75) is 58.2 Å². The van der Waals surface area contributed by atoms with Crippen molar-refractivity contribution in [3.63, 3.8) is 0 Å². The van der Waals surface area contributed by atoms with Gasteiger partial charge in [0.25, 0.3) is 0 Å². The molecule has 0 bridgehead atoms. The van der Waals surface area contributed by atoms with E-state index in [1.165, 1.54) is 25.7 Å². The molecule has 0 N–H and O–H groups in total. The molecule has 0 aromatic heterocycles. The standard InChI is InChI=1S/C13H25IO2/c1-4-15-9-12(3)16-13(10-14)7-5-6-11(2)8-13/h11-12H,4-10H2,1-3H3. The second kappa shape index (κ2) is 7.17. The van der Waals surface area contributed by atoms with Crippen LogP contribution in [0.5, 0.6) is 0 Å². The van der Waals surface area contributed by atoms with Crippen LogP contribution in [-0.4, -0.2) is 29.3 Å². The summed E-state index contributed by atoms with van der Waals surface area (Å²) >= 11 is 2.47. The minimum Gasteiger partial charge on any atom is -0.379 e. The van der Waals surface area contributed by atoms with E-state index in [1.54, 1.807) is 0 Å². The fourth-order valence-corrected chi connectivity index (χ4v) is 3.49. The van der Waals surface area contributed by atoms with Crippen LogP contribution in [0.2, 0.25) is 0 Å². The van der Waals surface area contributed by atoms with E-state index in [4.69, 9.17) is 9.47 Å². The molecule has 0 heterocycles. The van der Waals surface area contributed by atoms with Crippen LogP contribution in [0.3, 0.4) is 0 Å². The highest BCUT2D eigenvalue weighted by Gasteiger charge is 2.36. The molecular weight excluding hydrogens is 315 g/mol. The Hall–Kier alpha value is 0.650. The Bertz CT molecular complexity index is 198. The molecular formula is C13H25IO2. The predicted octanol–water partition coefficient (Wildman–Crippen LogP) is 3.81. The van der Waals surface area contributed by atoms with Gasteiger partial charge in [-0.2, -0.15) is 0 Å². The molecule has 1 fully saturated rings. The topological polar surface area (TPSA) is 18.5 Å². The van der Waals surface area contributed by atoms with Crippen molar-refractivity contribution in [1.29, 1.82) is 0 Å². The molecule has 1 saturated carbocycles. The molecule has 1 aliphatic rings. The van der Waals surface area contributed by atoms with Gasteiger partial charge in [0, 0.05) is 11.0 Å². The lowest BCUT2D eigenvalue weighted by Gasteiger charge is -2.40. The van der Waals surface area contributed by atoms with Crippen LogP contribution in [0, 0.1) is 5.92 Å². The molecule has 1 rings (SSSR count). The van der Waals surface area contributed by atoms with Crippen LogP contribution in [0.1, 0.15) is 46.5 Å². The summed E-state index contributed by atoms with van der Waals surface area (Å²) in [5, 5.41) is 0. The summed E-state index contributed by atoms with van der Waals surface area (Å²) in [6.07, 6.45) is 5.33. The first kappa shape index (κ1) is 14.7. The molecule has 0 aliphatic heterocycles. The highest BCUT2D eigenvalue weighted by atomic mass is 127. The summed E-state index contributed by atoms with van der Waals surface area (Å²) in [6, 6.07) is 0. The van der Waals surface area contributed by atoms with E-state index in [2.05, 4.69) is 36.4 Å². The number of rotatable bonds is 6. The molecule has 0 saturated heterocycles. The molecule has 1 aliphatic carbocycles. The predicted molar refractivity (Wildman–Crippen MR) is 76.3 cm³/mol. The largest absolute Gasteiger partial charge is 0.379 e. The van der Waals surface area contributed by atoms with Crippen molar-refractivity contribution in [2.24, 2.45) is 5.92 Å². The molecule has 0 radical (unpaired) electrons. The van der Waals surface area contributed by atoms with Crippen molar-refractivity contribution in [1.82, 2.24) is 0 Å². The van der Waals surface area contributed by atoms with Crippen LogP contribution >= 0.6 is 22.6 Å². The van der Waals surface area contributed by atoms with Crippen molar-refractivity contribution < 1.29 is 9.47 Å². The Balaban J connectivity index is 2.45. The second-order valence-electron chi connectivity index (χ2n) is 5.11. The zero-order valence-corrected chi connectivity index (χ0v) is 13.0. The van der Waals surface area contributed by atoms with Crippen molar-refractivity contribution in [3.05, 3.63) is 0 Å². The SMILES string of the molecule is CCOCC(C)OC1(CI)CCCC(C)C1. The maximum Gasteiger partial charge on any atom is 0.0788 e. The summed E-state index contributed by atoms with van der Waals surface area (Å²) in [7, 11) is 0. The average Bonchev–Trinajstić information content (AvgIpc) is 2.26. The van der Waals surface area contributed by atoms with Gasteiger partial charge in [-0.25, -0.2) is 0 Å². The average molecular weight is 340 g/mol. The highest BCUT2D eigenvalue weighted by Crippen LogP contribution is 2.37. The molecule has 0 amide bonds. The van der Waals surface area contributed by atoms with Gasteiger partial charge in [-0.3, -0.25) is 0 Å². The maximum absolute atomic E-state index is 6.27. The molecule has 0 aromatic carbocycles. The van der Waals surface area contributed by atoms with Gasteiger partial charge in [-0.05, 0) is 32.6 Å². The first-order chi connectivity index (χ1) is 7.62. The fourth-order valence-electron chi connectivity index (χ4n) is 2.62. The van der Waals surface area contributed by atoms with Gasteiger partial charge in [0.2, 0.25) is 0 Å². The molecule has 96 valence electrons. The van der Waals surface area contributed by atoms with E-state index in [9.17, 15) is 0 Å². The summed E-state index contributed by atoms with van der Waals surface area (Å²) < 4.78 is 12.8. The third-order valence-corrected chi connectivity index (χ3v) is 4.69. The first-order valence-corrected chi connectivity index (χ1v) is 7.96. The zero-order chi connectivity index (χ0) is 12.0. The van der Waals surface area contributed by atoms with Crippen LogP contribution in [0.15, 0.2) is 0 Å². The summed E-state index contributed by atoms with van der Waals surface area (Å²) in [5.41, 5.74) is 0.120. The number of halogens is 1. The smallest absolute Gasteiger partial charge is 0.0788 e. The molecule has 3 heteroatoms. The van der Waals surface area contributed by atoms with E-state index in [1.807, 2.05) is 6.92 Å². The lowest BCUT2D eigenvalue weighted by atomic mass is 9.80. The summed E-state index contributed by atoms with van der Waals surface area (Å²) in [6.45, 7) is 8.01. The summed E-state index contributed by atoms with van der Waals surface area (Å²) in [4.78, 5) is 0. The van der Waals surface area contributed by atoms with Gasteiger partial charge in [0.05, 0.1) is 18.3 Å². The van der Waals surface area contributed by atoms with Crippen molar-refractivity contribution >= 4 is 22.6 Å². The van der Waals surface area contributed by atoms with Crippen LogP contribution in [0.25, 0.3) is 0 Å². The van der Waals surface area contributed by atoms with Crippen molar-refractivity contribution in [2.75, 3.05) is 17.6 Å². The lowest BCUT2D eigenvalue weighted by molar-refractivity contribution is -0.120. The van der Waals surface area contributed by atoms with E-state index in [-0.39, 0.29) is 11.7 Å². The second-order valence-corrected chi connectivity index (χ2v) is 5.87. The molecule has 3 unspecified atom stereocenters. The quantitative estimate of drug-likeness (QED) is 0.541. The van der Waals surface area contributed by atoms with Gasteiger partial charge in [-0.1, -0.05) is 42.4 Å². The fraction of sp³-hybridized carbons (Fsp3) is 1.00. The number of ether oxygens (including phenoxy) is 2. The maximum atomic E-state index is 6.27. The number of alkyl halides is 1. The Morgan fingerprint density at radius 1 is 1.50 bits per heavy atom. The molecule has 16 heavy (non-hydrogen) atoms. The van der Waals surface area contributed by atoms with Crippen LogP contribution in [0.4, 0.5) is 0 Å². The van der Waals surface area contributed by atoms with Gasteiger partial charge in [-0.15, -0.1) is 0 Å². The van der Waals surface area contributed by atoms with Gasteiger partial charge >= 0.3 is 0 Å². The third-order valence-electron chi connectivity index (χ3n) is 3.30. The molecule has 0 aromatic rings. The van der Waals surface area contributed by atoms with Crippen molar-refractivity contribution in [3.8, 4) is 0 Å². The lowest BCUT2D eigenvalue weighted by Crippen LogP contribution is -2.42. The molecule has 0 spiro atoms. The van der Waals surface area contributed by atoms with Crippen LogP contribution in [-0.2, 0) is 9.47 Å². The van der Waals surface area contributed by atoms with E-state index in [0.29, 0.717) is 0 Å². The normalized spacial score (nSPS) is 32.6. The Morgan fingerprint density at radius 3 is 2.81 bits per heavy atom. The van der Waals surface area contributed by atoms with Gasteiger partial charge in [0.15, 0.2) is 0 Å². The number of hydrogen-bond acceptors (Lipinski definition) is 2. The highest BCUT2D eigenvalue weighted by molar-refractivity contribution is 14.1. The first-order valence-electron chi connectivity index (χ1n) is 6.43. The Labute approximate surface area is 114 Å². The number of hydrogen-bond donors (Lipinski definition) is 0. The Kier molecular flexibility index (Phi) is 6.59. The molecule has 3 atom stereocenters. The minimum absolute atomic E-state index is 0.120. The van der Waals surface area contributed by atoms with E-state index < -0.39 is 0 Å². The summed E-state index contributed by atoms with van der Waals surface area (Å²) in [5.74, 6) is 0.808. The van der Waals surface area contributed by atoms with Crippen LogP contribution < -0.4 is 0 Å². The third kappa shape index (κ3) is 4.49. The monoisotopic (exact) mass is 340 g/mol.